The van der Waals surface area contributed by atoms with Gasteiger partial charge in [0.25, 0.3) is 0 Å². The second-order valence-corrected chi connectivity index (χ2v) is 11.0. The average molecular weight is 613 g/mol. The Labute approximate surface area is 268 Å². The quantitative estimate of drug-likeness (QED) is 0.144. The number of rotatable bonds is 12. The standard InChI is InChI=1S/C38H33ClN4O2/c39-32-16-17-33-34(22-32)42-37(43-38(33)41-24-31-13-7-12-30(20-31)23-40)19-15-27-14-18-35(44-25-28-8-3-1-4-9-28)36(21-27)45-26-29-10-5-2-6-11-29/h1-22H,23-26,40H2,(H,41,42,43)/b19-15+. The van der Waals surface area contributed by atoms with E-state index in [0.717, 1.165) is 44.5 Å². The second kappa shape index (κ2) is 14.5. The molecule has 0 radical (unpaired) electrons. The smallest absolute Gasteiger partial charge is 0.162 e. The fourth-order valence-corrected chi connectivity index (χ4v) is 5.05. The van der Waals surface area contributed by atoms with Crippen molar-refractivity contribution in [1.29, 1.82) is 0 Å². The predicted octanol–water partition coefficient (Wildman–Crippen LogP) is 8.68. The Morgan fingerprint density at radius 1 is 0.644 bits per heavy atom. The molecule has 0 aliphatic carbocycles. The number of fused-ring (bicyclic) bond motifs is 1. The highest BCUT2D eigenvalue weighted by atomic mass is 35.5. The summed E-state index contributed by atoms with van der Waals surface area (Å²) < 4.78 is 12.4. The normalized spacial score (nSPS) is 11.2. The van der Waals surface area contributed by atoms with Crippen LogP contribution < -0.4 is 20.5 Å². The minimum Gasteiger partial charge on any atom is -0.485 e. The molecule has 1 heterocycles. The summed E-state index contributed by atoms with van der Waals surface area (Å²) in [5.74, 6) is 2.61. The molecule has 5 aromatic carbocycles. The molecule has 0 aliphatic rings. The maximum absolute atomic E-state index is 6.34. The fourth-order valence-electron chi connectivity index (χ4n) is 4.88. The molecule has 6 nitrogen and oxygen atoms in total. The Morgan fingerprint density at radius 2 is 1.33 bits per heavy atom. The molecule has 0 fully saturated rings. The Morgan fingerprint density at radius 3 is 2.07 bits per heavy atom. The van der Waals surface area contributed by atoms with E-state index in [1.54, 1.807) is 0 Å². The molecule has 45 heavy (non-hydrogen) atoms. The molecule has 0 saturated carbocycles. The maximum atomic E-state index is 6.34. The van der Waals surface area contributed by atoms with E-state index in [2.05, 4.69) is 17.4 Å². The Bertz CT molecular complexity index is 1910. The van der Waals surface area contributed by atoms with Gasteiger partial charge in [0.1, 0.15) is 19.0 Å². The predicted molar refractivity (Wildman–Crippen MR) is 183 cm³/mol. The summed E-state index contributed by atoms with van der Waals surface area (Å²) in [6, 6.07) is 39.9. The van der Waals surface area contributed by atoms with Crippen LogP contribution in [0.4, 0.5) is 5.82 Å². The molecule has 0 aliphatic heterocycles. The van der Waals surface area contributed by atoms with Crippen molar-refractivity contribution in [3.05, 3.63) is 160 Å². The number of nitrogens with zero attached hydrogens (tertiary/aromatic N) is 2. The molecule has 0 atom stereocenters. The first kappa shape index (κ1) is 29.9. The van der Waals surface area contributed by atoms with Gasteiger partial charge in [0, 0.05) is 23.5 Å². The summed E-state index contributed by atoms with van der Waals surface area (Å²) >= 11 is 6.34. The first-order valence-corrected chi connectivity index (χ1v) is 15.2. The molecular weight excluding hydrogens is 580 g/mol. The zero-order chi connectivity index (χ0) is 30.8. The van der Waals surface area contributed by atoms with E-state index < -0.39 is 0 Å². The molecule has 6 rings (SSSR count). The fraction of sp³-hybridized carbons (Fsp3) is 0.105. The third kappa shape index (κ3) is 8.06. The van der Waals surface area contributed by atoms with Gasteiger partial charge in [-0.2, -0.15) is 0 Å². The molecule has 0 spiro atoms. The largest absolute Gasteiger partial charge is 0.485 e. The van der Waals surface area contributed by atoms with Crippen LogP contribution in [0.25, 0.3) is 23.1 Å². The van der Waals surface area contributed by atoms with E-state index in [1.807, 2.05) is 121 Å². The van der Waals surface area contributed by atoms with Crippen LogP contribution in [-0.2, 0) is 26.3 Å². The number of halogens is 1. The van der Waals surface area contributed by atoms with Crippen LogP contribution in [0.2, 0.25) is 5.02 Å². The van der Waals surface area contributed by atoms with Crippen molar-refractivity contribution in [3.63, 3.8) is 0 Å². The molecule has 224 valence electrons. The van der Waals surface area contributed by atoms with Crippen LogP contribution in [0.1, 0.15) is 33.6 Å². The van der Waals surface area contributed by atoms with Crippen LogP contribution >= 0.6 is 11.6 Å². The first-order chi connectivity index (χ1) is 22.1. The van der Waals surface area contributed by atoms with Gasteiger partial charge in [0.05, 0.1) is 5.52 Å². The molecule has 1 aromatic heterocycles. The molecule has 0 unspecified atom stereocenters. The lowest BCUT2D eigenvalue weighted by Gasteiger charge is -2.14. The van der Waals surface area contributed by atoms with Crippen molar-refractivity contribution in [1.82, 2.24) is 9.97 Å². The SMILES string of the molecule is NCc1cccc(CNc2nc(/C=C/c3ccc(OCc4ccccc4)c(OCc4ccccc4)c3)nc3cc(Cl)ccc23)c1. The van der Waals surface area contributed by atoms with E-state index >= 15 is 0 Å². The van der Waals surface area contributed by atoms with E-state index in [9.17, 15) is 0 Å². The third-order valence-corrected chi connectivity index (χ3v) is 7.47. The van der Waals surface area contributed by atoms with Crippen LogP contribution in [0, 0.1) is 0 Å². The number of nitrogens with two attached hydrogens (primary N) is 1. The molecule has 0 bridgehead atoms. The van der Waals surface area contributed by atoms with E-state index in [1.165, 1.54) is 0 Å². The van der Waals surface area contributed by atoms with Crippen LogP contribution in [0.3, 0.4) is 0 Å². The van der Waals surface area contributed by atoms with Crippen molar-refractivity contribution >= 4 is 40.5 Å². The van der Waals surface area contributed by atoms with Gasteiger partial charge >= 0.3 is 0 Å². The number of hydrogen-bond acceptors (Lipinski definition) is 6. The van der Waals surface area contributed by atoms with E-state index in [0.29, 0.717) is 48.6 Å². The Kier molecular flexibility index (Phi) is 9.65. The van der Waals surface area contributed by atoms with Crippen molar-refractivity contribution in [2.24, 2.45) is 5.73 Å². The zero-order valence-corrected chi connectivity index (χ0v) is 25.5. The van der Waals surface area contributed by atoms with Crippen LogP contribution in [-0.4, -0.2) is 9.97 Å². The molecule has 6 aromatic rings. The van der Waals surface area contributed by atoms with Gasteiger partial charge in [0.15, 0.2) is 17.3 Å². The van der Waals surface area contributed by atoms with Crippen molar-refractivity contribution < 1.29 is 9.47 Å². The number of nitrogens with one attached hydrogen (secondary N) is 1. The molecule has 0 saturated heterocycles. The van der Waals surface area contributed by atoms with Gasteiger partial charge in [-0.1, -0.05) is 109 Å². The van der Waals surface area contributed by atoms with Gasteiger partial charge in [-0.15, -0.1) is 0 Å². The van der Waals surface area contributed by atoms with Gasteiger partial charge in [-0.3, -0.25) is 0 Å². The highest BCUT2D eigenvalue weighted by Crippen LogP contribution is 2.31. The summed E-state index contributed by atoms with van der Waals surface area (Å²) in [5.41, 5.74) is 11.9. The number of anilines is 1. The third-order valence-electron chi connectivity index (χ3n) is 7.23. The monoisotopic (exact) mass is 612 g/mol. The van der Waals surface area contributed by atoms with Gasteiger partial charge in [0.2, 0.25) is 0 Å². The van der Waals surface area contributed by atoms with Crippen molar-refractivity contribution in [2.75, 3.05) is 5.32 Å². The lowest BCUT2D eigenvalue weighted by molar-refractivity contribution is 0.256. The average Bonchev–Trinajstić information content (AvgIpc) is 3.09. The van der Waals surface area contributed by atoms with Crippen LogP contribution in [0.15, 0.2) is 121 Å². The van der Waals surface area contributed by atoms with Crippen molar-refractivity contribution in [2.45, 2.75) is 26.3 Å². The van der Waals surface area contributed by atoms with Crippen molar-refractivity contribution in [3.8, 4) is 11.5 Å². The summed E-state index contributed by atoms with van der Waals surface area (Å²) in [6.07, 6.45) is 3.86. The minimum atomic E-state index is 0.424. The molecule has 0 amide bonds. The lowest BCUT2D eigenvalue weighted by Crippen LogP contribution is -2.05. The first-order valence-electron chi connectivity index (χ1n) is 14.8. The van der Waals surface area contributed by atoms with E-state index in [-0.39, 0.29) is 0 Å². The molecule has 3 N–H and O–H groups in total. The second-order valence-electron chi connectivity index (χ2n) is 10.6. The highest BCUT2D eigenvalue weighted by molar-refractivity contribution is 6.31. The molecular formula is C38H33ClN4O2. The summed E-state index contributed by atoms with van der Waals surface area (Å²) in [7, 11) is 0. The Balaban J connectivity index is 1.26. The van der Waals surface area contributed by atoms with Gasteiger partial charge in [-0.25, -0.2) is 9.97 Å². The number of ether oxygens (including phenoxy) is 2. The van der Waals surface area contributed by atoms with Gasteiger partial charge < -0.3 is 20.5 Å². The van der Waals surface area contributed by atoms with Crippen LogP contribution in [0.5, 0.6) is 11.5 Å². The molecule has 7 heteroatoms. The number of hydrogen-bond donors (Lipinski definition) is 2. The highest BCUT2D eigenvalue weighted by Gasteiger charge is 2.10. The summed E-state index contributed by atoms with van der Waals surface area (Å²) in [5, 5.41) is 4.99. The summed E-state index contributed by atoms with van der Waals surface area (Å²) in [6.45, 7) is 1.96. The maximum Gasteiger partial charge on any atom is 0.162 e. The number of benzene rings is 5. The topological polar surface area (TPSA) is 82.3 Å². The minimum absolute atomic E-state index is 0.424. The number of aromatic nitrogens is 2. The van der Waals surface area contributed by atoms with Gasteiger partial charge in [-0.05, 0) is 64.2 Å². The lowest BCUT2D eigenvalue weighted by atomic mass is 10.1. The Hall–Kier alpha value is -5.17. The van der Waals surface area contributed by atoms with E-state index in [4.69, 9.17) is 36.8 Å². The zero-order valence-electron chi connectivity index (χ0n) is 24.7. The summed E-state index contributed by atoms with van der Waals surface area (Å²) in [4.78, 5) is 9.63.